The smallest absolute Gasteiger partial charge is 0.335 e. The minimum Gasteiger partial charge on any atom is -0.423 e. The highest BCUT2D eigenvalue weighted by molar-refractivity contribution is 5.84. The predicted octanol–water partition coefficient (Wildman–Crippen LogP) is 7.25. The number of hydrogen-bond acceptors (Lipinski definition) is 6. The van der Waals surface area contributed by atoms with Gasteiger partial charge in [0.2, 0.25) is 0 Å². The summed E-state index contributed by atoms with van der Waals surface area (Å²) in [6, 6.07) is 29.4. The Morgan fingerprint density at radius 2 is 0.778 bits per heavy atom. The van der Waals surface area contributed by atoms with Crippen molar-refractivity contribution < 1.29 is 28.6 Å². The van der Waals surface area contributed by atoms with Gasteiger partial charge in [0, 0.05) is 23.6 Å². The second-order valence-corrected chi connectivity index (χ2v) is 10.5. The van der Waals surface area contributed by atoms with Gasteiger partial charge in [-0.15, -0.1) is 6.42 Å². The molecule has 0 heterocycles. The monoisotopic (exact) mass is 596 g/mol. The molecule has 0 saturated carbocycles. The van der Waals surface area contributed by atoms with Gasteiger partial charge in [0.15, 0.2) is 0 Å². The lowest BCUT2D eigenvalue weighted by atomic mass is 9.69. The minimum atomic E-state index is -1.05. The van der Waals surface area contributed by atoms with E-state index in [1.54, 1.807) is 36.4 Å². The molecule has 0 atom stereocenters. The average Bonchev–Trinajstić information content (AvgIpc) is 3.07. The van der Waals surface area contributed by atoms with Crippen LogP contribution in [-0.2, 0) is 25.2 Å². The van der Waals surface area contributed by atoms with Crippen LogP contribution in [0.2, 0.25) is 0 Å². The summed E-state index contributed by atoms with van der Waals surface area (Å²) < 4.78 is 15.8. The van der Waals surface area contributed by atoms with E-state index in [-0.39, 0.29) is 0 Å². The normalized spacial score (nSPS) is 11.0. The molecule has 45 heavy (non-hydrogen) atoms. The van der Waals surface area contributed by atoms with E-state index in [1.165, 1.54) is 0 Å². The van der Waals surface area contributed by atoms with E-state index >= 15 is 0 Å². The van der Waals surface area contributed by atoms with Crippen LogP contribution in [0, 0.1) is 12.3 Å². The number of ether oxygens (including phenoxy) is 3. The highest BCUT2D eigenvalue weighted by Gasteiger charge is 2.35. The fourth-order valence-electron chi connectivity index (χ4n) is 5.01. The van der Waals surface area contributed by atoms with Crippen LogP contribution in [-0.4, -0.2) is 17.9 Å². The first-order valence-corrected chi connectivity index (χ1v) is 14.0. The molecule has 0 saturated heterocycles. The maximum absolute atomic E-state index is 11.7. The molecule has 0 aliphatic rings. The molecule has 0 aliphatic carbocycles. The van der Waals surface area contributed by atoms with Crippen LogP contribution in [0.15, 0.2) is 135 Å². The first-order valence-electron chi connectivity index (χ1n) is 14.0. The molecule has 4 aromatic rings. The lowest BCUT2D eigenvalue weighted by Crippen LogP contribution is -2.28. The minimum absolute atomic E-state index is 0.351. The molecule has 0 aromatic heterocycles. The quantitative estimate of drug-likeness (QED) is 0.0597. The highest BCUT2D eigenvalue weighted by atomic mass is 16.5. The summed E-state index contributed by atoms with van der Waals surface area (Å²) in [5.41, 5.74) is 2.94. The molecule has 0 bridgehead atoms. The lowest BCUT2D eigenvalue weighted by molar-refractivity contribution is -0.129. The highest BCUT2D eigenvalue weighted by Crippen LogP contribution is 2.41. The number of rotatable bonds is 11. The topological polar surface area (TPSA) is 78.9 Å². The lowest BCUT2D eigenvalue weighted by Gasteiger charge is -2.32. The van der Waals surface area contributed by atoms with Crippen molar-refractivity contribution in [1.29, 1.82) is 0 Å². The molecule has 0 N–H and O–H groups in total. The fourth-order valence-corrected chi connectivity index (χ4v) is 5.01. The average molecular weight is 597 g/mol. The molecule has 0 fully saturated rings. The Labute approximate surface area is 263 Å². The third-order valence-corrected chi connectivity index (χ3v) is 7.56. The molecule has 0 amide bonds. The van der Waals surface area contributed by atoms with Crippen LogP contribution in [0.5, 0.6) is 17.2 Å². The largest absolute Gasteiger partial charge is 0.423 e. The first-order chi connectivity index (χ1) is 21.6. The van der Waals surface area contributed by atoms with Crippen LogP contribution in [0.25, 0.3) is 0 Å². The third-order valence-electron chi connectivity index (χ3n) is 7.56. The van der Waals surface area contributed by atoms with Gasteiger partial charge in [-0.25, -0.2) is 14.4 Å². The number of hydrogen-bond donors (Lipinski definition) is 0. The van der Waals surface area contributed by atoms with E-state index in [9.17, 15) is 14.4 Å². The Hall–Kier alpha value is -5.93. The SMILES string of the molecule is C#CC(c1ccc(OC(=O)C=C)cc1)(c1ccc(OC(=O)C=C)cc1)c1ccc(C(C)(C)c2ccc(OC(=O)C=C)cc2)cc1. The molecule has 224 valence electrons. The zero-order chi connectivity index (χ0) is 32.6. The Morgan fingerprint density at radius 1 is 0.533 bits per heavy atom. The molecule has 0 unspecified atom stereocenters. The van der Waals surface area contributed by atoms with Crippen molar-refractivity contribution >= 4 is 17.9 Å². The van der Waals surface area contributed by atoms with Crippen molar-refractivity contribution in [3.05, 3.63) is 163 Å². The van der Waals surface area contributed by atoms with Gasteiger partial charge in [-0.3, -0.25) is 0 Å². The molecule has 4 aromatic carbocycles. The van der Waals surface area contributed by atoms with Gasteiger partial charge in [0.1, 0.15) is 22.7 Å². The number of carbonyl (C=O) groups excluding carboxylic acids is 3. The first kappa shape index (κ1) is 32.0. The molecule has 4 rings (SSSR count). The standard InChI is InChI=1S/C39H32O6/c1-7-35(40)43-32-21-15-28(16-22-32)38(5,6)27-11-13-29(14-12-27)39(10-4,30-17-23-33(24-18-30)44-36(41)8-2)31-19-25-34(26-20-31)45-37(42)9-3/h4,7-9,11-26H,1-3H2,5-6H3. The number of terminal acetylenes is 1. The number of benzene rings is 4. The zero-order valence-corrected chi connectivity index (χ0v) is 25.1. The summed E-state index contributed by atoms with van der Waals surface area (Å²) >= 11 is 0. The van der Waals surface area contributed by atoms with E-state index in [2.05, 4.69) is 39.5 Å². The molecular formula is C39H32O6. The molecule has 6 heteroatoms. The summed E-state index contributed by atoms with van der Waals surface area (Å²) in [7, 11) is 0. The number of carbonyl (C=O) groups is 3. The Morgan fingerprint density at radius 3 is 1.04 bits per heavy atom. The summed E-state index contributed by atoms with van der Waals surface area (Å²) in [4.78, 5) is 35.1. The summed E-state index contributed by atoms with van der Waals surface area (Å²) in [6.45, 7) is 14.5. The molecule has 0 aliphatic heterocycles. The van der Waals surface area contributed by atoms with E-state index in [4.69, 9.17) is 20.6 Å². The number of esters is 3. The van der Waals surface area contributed by atoms with Crippen LogP contribution in [0.3, 0.4) is 0 Å². The van der Waals surface area contributed by atoms with E-state index < -0.39 is 28.7 Å². The summed E-state index contributed by atoms with van der Waals surface area (Å²) in [6.07, 6.45) is 9.67. The Balaban J connectivity index is 1.76. The van der Waals surface area contributed by atoms with Gasteiger partial charge in [0.25, 0.3) is 0 Å². The maximum atomic E-state index is 11.7. The summed E-state index contributed by atoms with van der Waals surface area (Å²) in [5.74, 6) is 2.51. The van der Waals surface area contributed by atoms with Gasteiger partial charge in [0.05, 0.1) is 0 Å². The second kappa shape index (κ2) is 13.6. The van der Waals surface area contributed by atoms with Crippen LogP contribution >= 0.6 is 0 Å². The molecular weight excluding hydrogens is 564 g/mol. The summed E-state index contributed by atoms with van der Waals surface area (Å²) in [5, 5.41) is 0. The van der Waals surface area contributed by atoms with Crippen molar-refractivity contribution in [2.24, 2.45) is 0 Å². The van der Waals surface area contributed by atoms with Crippen LogP contribution < -0.4 is 14.2 Å². The Kier molecular flexibility index (Phi) is 9.65. The predicted molar refractivity (Wildman–Crippen MR) is 174 cm³/mol. The van der Waals surface area contributed by atoms with Gasteiger partial charge in [-0.1, -0.05) is 100 Å². The van der Waals surface area contributed by atoms with Crippen molar-refractivity contribution in [2.45, 2.75) is 24.7 Å². The van der Waals surface area contributed by atoms with Crippen molar-refractivity contribution in [3.8, 4) is 29.6 Å². The van der Waals surface area contributed by atoms with Gasteiger partial charge in [-0.05, 0) is 64.2 Å². The Bertz CT molecular complexity index is 1700. The van der Waals surface area contributed by atoms with E-state index in [0.717, 1.165) is 46.0 Å². The van der Waals surface area contributed by atoms with Crippen molar-refractivity contribution in [2.75, 3.05) is 0 Å². The van der Waals surface area contributed by atoms with E-state index in [1.807, 2.05) is 60.7 Å². The van der Waals surface area contributed by atoms with Gasteiger partial charge in [-0.2, -0.15) is 0 Å². The zero-order valence-electron chi connectivity index (χ0n) is 25.1. The van der Waals surface area contributed by atoms with Crippen molar-refractivity contribution in [3.63, 3.8) is 0 Å². The maximum Gasteiger partial charge on any atom is 0.335 e. The van der Waals surface area contributed by atoms with Crippen LogP contribution in [0.4, 0.5) is 0 Å². The van der Waals surface area contributed by atoms with Gasteiger partial charge >= 0.3 is 17.9 Å². The molecule has 0 spiro atoms. The molecule has 0 radical (unpaired) electrons. The van der Waals surface area contributed by atoms with Crippen LogP contribution in [0.1, 0.15) is 41.7 Å². The van der Waals surface area contributed by atoms with Gasteiger partial charge < -0.3 is 14.2 Å². The fraction of sp³-hybridized carbons (Fsp3) is 0.103. The third kappa shape index (κ3) is 6.84. The van der Waals surface area contributed by atoms with E-state index in [0.29, 0.717) is 17.2 Å². The molecule has 6 nitrogen and oxygen atoms in total. The second-order valence-electron chi connectivity index (χ2n) is 10.5. The van der Waals surface area contributed by atoms with Crippen molar-refractivity contribution in [1.82, 2.24) is 0 Å².